The van der Waals surface area contributed by atoms with E-state index in [1.807, 2.05) is 0 Å². The van der Waals surface area contributed by atoms with Crippen molar-refractivity contribution < 1.29 is 24.2 Å². The molecule has 5 heteroatoms. The van der Waals surface area contributed by atoms with Gasteiger partial charge < -0.3 is 14.6 Å². The van der Waals surface area contributed by atoms with Crippen LogP contribution in [0.5, 0.6) is 0 Å². The number of aliphatic hydroxyl groups excluding tert-OH is 1. The standard InChI is InChI=1S/C55H90O5/c1-3-5-7-9-11-13-15-17-18-19-20-21-22-23-24-25-26-27-28-29-30-31-32-33-34-35-36-38-40-42-44-46-48-50-55(58)60-53(51-56)52-59-54(57)49-47-45-43-41-39-37-16-14-12-10-8-6-4-2/h5-8,11-14,17-18,20-21,23-24,26-27,37,39,53,56H,3-4,9-10,15-16,19,22,25,28-36,38,40-52H2,1-2H3/b7-5-,8-6-,13-11-,14-12-,18-17-,21-20-,24-23-,27-26-,39-37-. The van der Waals surface area contributed by atoms with E-state index in [0.717, 1.165) is 103 Å². The minimum atomic E-state index is -0.790. The Hall–Kier alpha value is -3.44. The number of rotatable bonds is 43. The second kappa shape index (κ2) is 49.9. The molecule has 0 aliphatic carbocycles. The van der Waals surface area contributed by atoms with Crippen LogP contribution in [0.3, 0.4) is 0 Å². The van der Waals surface area contributed by atoms with Crippen molar-refractivity contribution in [2.75, 3.05) is 13.2 Å². The quantitative estimate of drug-likeness (QED) is 0.0376. The van der Waals surface area contributed by atoms with E-state index in [-0.39, 0.29) is 25.2 Å². The number of carbonyl (C=O) groups is 2. The van der Waals surface area contributed by atoms with Crippen LogP contribution in [0, 0.1) is 0 Å². The van der Waals surface area contributed by atoms with E-state index in [2.05, 4.69) is 123 Å². The summed E-state index contributed by atoms with van der Waals surface area (Å²) in [7, 11) is 0. The molecule has 5 nitrogen and oxygen atoms in total. The van der Waals surface area contributed by atoms with Gasteiger partial charge in [-0.3, -0.25) is 9.59 Å². The van der Waals surface area contributed by atoms with Crippen LogP contribution in [-0.4, -0.2) is 36.4 Å². The molecule has 0 bridgehead atoms. The average molecular weight is 831 g/mol. The number of ether oxygens (including phenoxy) is 2. The van der Waals surface area contributed by atoms with Crippen molar-refractivity contribution in [2.24, 2.45) is 0 Å². The van der Waals surface area contributed by atoms with Gasteiger partial charge in [0.05, 0.1) is 6.61 Å². The molecule has 0 rings (SSSR count). The molecule has 0 radical (unpaired) electrons. The minimum Gasteiger partial charge on any atom is -0.462 e. The van der Waals surface area contributed by atoms with Crippen molar-refractivity contribution in [3.8, 4) is 0 Å². The molecule has 0 spiro atoms. The second-order valence-corrected chi connectivity index (χ2v) is 15.8. The second-order valence-electron chi connectivity index (χ2n) is 15.8. The van der Waals surface area contributed by atoms with Gasteiger partial charge in [0.2, 0.25) is 0 Å². The van der Waals surface area contributed by atoms with Gasteiger partial charge in [-0.15, -0.1) is 0 Å². The summed E-state index contributed by atoms with van der Waals surface area (Å²) in [6.07, 6.45) is 71.9. The van der Waals surface area contributed by atoms with Crippen LogP contribution in [-0.2, 0) is 19.1 Å². The molecule has 0 saturated carbocycles. The van der Waals surface area contributed by atoms with Crippen molar-refractivity contribution >= 4 is 11.9 Å². The van der Waals surface area contributed by atoms with Crippen molar-refractivity contribution in [3.63, 3.8) is 0 Å². The summed E-state index contributed by atoms with van der Waals surface area (Å²) in [5.74, 6) is -0.631. The summed E-state index contributed by atoms with van der Waals surface area (Å²) >= 11 is 0. The third-order valence-corrected chi connectivity index (χ3v) is 10.1. The number of hydrogen-bond acceptors (Lipinski definition) is 5. The fourth-order valence-electron chi connectivity index (χ4n) is 6.45. The first-order valence-electron chi connectivity index (χ1n) is 24.4. The summed E-state index contributed by atoms with van der Waals surface area (Å²) in [4.78, 5) is 24.3. The minimum absolute atomic E-state index is 0.0860. The maximum atomic E-state index is 12.2. The number of allylic oxidation sites excluding steroid dienone is 18. The SMILES string of the molecule is CC/C=C\C/C=C\C/C=C\C/C=C\C/C=C\C/C=C\CCCCCCCCCCCCCCCCC(=O)OC(CO)COC(=O)CCCCC/C=C\C/C=C\C/C=C\CC. The van der Waals surface area contributed by atoms with Crippen molar-refractivity contribution in [2.45, 2.75) is 213 Å². The molecule has 1 atom stereocenters. The lowest BCUT2D eigenvalue weighted by Crippen LogP contribution is -2.28. The van der Waals surface area contributed by atoms with Gasteiger partial charge in [-0.25, -0.2) is 0 Å². The van der Waals surface area contributed by atoms with Gasteiger partial charge in [0.1, 0.15) is 6.61 Å². The van der Waals surface area contributed by atoms with Gasteiger partial charge in [0.15, 0.2) is 6.10 Å². The smallest absolute Gasteiger partial charge is 0.306 e. The monoisotopic (exact) mass is 831 g/mol. The lowest BCUT2D eigenvalue weighted by atomic mass is 10.0. The Morgan fingerprint density at radius 3 is 1.02 bits per heavy atom. The topological polar surface area (TPSA) is 72.8 Å². The van der Waals surface area contributed by atoms with Crippen molar-refractivity contribution in [3.05, 3.63) is 109 Å². The Kier molecular flexibility index (Phi) is 47.1. The first-order chi connectivity index (χ1) is 29.6. The fourth-order valence-corrected chi connectivity index (χ4v) is 6.45. The Bertz CT molecular complexity index is 1210. The first-order valence-corrected chi connectivity index (χ1v) is 24.4. The molecule has 0 fully saturated rings. The van der Waals surface area contributed by atoms with Crippen LogP contribution in [0.15, 0.2) is 109 Å². The summed E-state index contributed by atoms with van der Waals surface area (Å²) in [6.45, 7) is 3.87. The third kappa shape index (κ3) is 47.2. The zero-order valence-corrected chi connectivity index (χ0v) is 38.7. The number of carbonyl (C=O) groups excluding carboxylic acids is 2. The molecule has 1 unspecified atom stereocenters. The van der Waals surface area contributed by atoms with E-state index in [1.54, 1.807) is 0 Å². The summed E-state index contributed by atoms with van der Waals surface area (Å²) in [6, 6.07) is 0. The number of aliphatic hydroxyl groups is 1. The molecule has 0 saturated heterocycles. The van der Waals surface area contributed by atoms with Crippen molar-refractivity contribution in [1.29, 1.82) is 0 Å². The molecule has 0 heterocycles. The van der Waals surface area contributed by atoms with Gasteiger partial charge >= 0.3 is 11.9 Å². The third-order valence-electron chi connectivity index (χ3n) is 10.1. The molecule has 0 aromatic carbocycles. The van der Waals surface area contributed by atoms with E-state index in [9.17, 15) is 14.7 Å². The lowest BCUT2D eigenvalue weighted by molar-refractivity contribution is -0.161. The molecule has 0 aromatic rings. The Labute approximate surface area is 370 Å². The molecular formula is C55H90O5. The largest absolute Gasteiger partial charge is 0.462 e. The van der Waals surface area contributed by atoms with Crippen LogP contribution >= 0.6 is 0 Å². The van der Waals surface area contributed by atoms with Gasteiger partial charge in [0.25, 0.3) is 0 Å². The predicted octanol–water partition coefficient (Wildman–Crippen LogP) is 16.2. The normalized spacial score (nSPS) is 13.2. The Balaban J connectivity index is 3.53. The summed E-state index contributed by atoms with van der Waals surface area (Å²) in [5, 5.41) is 9.59. The van der Waals surface area contributed by atoms with Crippen LogP contribution in [0.2, 0.25) is 0 Å². The van der Waals surface area contributed by atoms with Crippen LogP contribution in [0.4, 0.5) is 0 Å². The summed E-state index contributed by atoms with van der Waals surface area (Å²) < 4.78 is 10.6. The molecule has 0 amide bonds. The average Bonchev–Trinajstić information content (AvgIpc) is 3.25. The van der Waals surface area contributed by atoms with Crippen LogP contribution < -0.4 is 0 Å². The Morgan fingerprint density at radius 2 is 0.667 bits per heavy atom. The van der Waals surface area contributed by atoms with Crippen molar-refractivity contribution in [1.82, 2.24) is 0 Å². The fraction of sp³-hybridized carbons (Fsp3) is 0.636. The molecule has 340 valence electrons. The maximum absolute atomic E-state index is 12.2. The van der Waals surface area contributed by atoms with E-state index >= 15 is 0 Å². The molecule has 0 aliphatic rings. The number of esters is 2. The highest BCUT2D eigenvalue weighted by Gasteiger charge is 2.16. The molecule has 0 aliphatic heterocycles. The van der Waals surface area contributed by atoms with Crippen LogP contribution in [0.25, 0.3) is 0 Å². The van der Waals surface area contributed by atoms with Gasteiger partial charge in [-0.1, -0.05) is 207 Å². The maximum Gasteiger partial charge on any atom is 0.306 e. The van der Waals surface area contributed by atoms with Gasteiger partial charge in [0, 0.05) is 12.8 Å². The van der Waals surface area contributed by atoms with Crippen LogP contribution in [0.1, 0.15) is 206 Å². The first kappa shape index (κ1) is 56.6. The highest BCUT2D eigenvalue weighted by Crippen LogP contribution is 2.15. The predicted molar refractivity (Wildman–Crippen MR) is 260 cm³/mol. The van der Waals surface area contributed by atoms with Gasteiger partial charge in [-0.2, -0.15) is 0 Å². The van der Waals surface area contributed by atoms with Gasteiger partial charge in [-0.05, 0) is 96.3 Å². The molecule has 0 aromatic heterocycles. The van der Waals surface area contributed by atoms with E-state index in [4.69, 9.17) is 9.47 Å². The molecule has 60 heavy (non-hydrogen) atoms. The van der Waals surface area contributed by atoms with E-state index in [1.165, 1.54) is 77.0 Å². The number of unbranched alkanes of at least 4 members (excludes halogenated alkanes) is 17. The molecule has 1 N–H and O–H groups in total. The number of hydrogen-bond donors (Lipinski definition) is 1. The molecular weight excluding hydrogens is 741 g/mol. The van der Waals surface area contributed by atoms with E-state index < -0.39 is 6.10 Å². The Morgan fingerprint density at radius 1 is 0.383 bits per heavy atom. The highest BCUT2D eigenvalue weighted by atomic mass is 16.6. The zero-order chi connectivity index (χ0) is 43.5. The lowest BCUT2D eigenvalue weighted by Gasteiger charge is -2.15. The highest BCUT2D eigenvalue weighted by molar-refractivity contribution is 5.70. The summed E-state index contributed by atoms with van der Waals surface area (Å²) in [5.41, 5.74) is 0. The van der Waals surface area contributed by atoms with E-state index in [0.29, 0.717) is 12.8 Å². The zero-order valence-electron chi connectivity index (χ0n) is 38.7.